The van der Waals surface area contributed by atoms with E-state index in [1.807, 2.05) is 0 Å². The highest BCUT2D eigenvalue weighted by Gasteiger charge is 2.70. The average molecular weight is 623 g/mol. The zero-order valence-corrected chi connectivity index (χ0v) is 29.8. The highest BCUT2D eigenvalue weighted by atomic mass is 16.5. The fourth-order valence-corrected chi connectivity index (χ4v) is 12.7. The highest BCUT2D eigenvalue weighted by Crippen LogP contribution is 2.75. The molecule has 252 valence electrons. The predicted octanol–water partition coefficient (Wildman–Crippen LogP) is 7.36. The third kappa shape index (κ3) is 4.91. The average Bonchev–Trinajstić information content (AvgIpc) is 3.50. The number of hydrogen-bond donors (Lipinski definition) is 1. The van der Waals surface area contributed by atoms with Crippen molar-refractivity contribution in [1.82, 2.24) is 10.2 Å². The van der Waals surface area contributed by atoms with E-state index in [4.69, 9.17) is 4.74 Å². The van der Waals surface area contributed by atoms with E-state index >= 15 is 0 Å². The summed E-state index contributed by atoms with van der Waals surface area (Å²) < 4.78 is 5.54. The van der Waals surface area contributed by atoms with Crippen molar-refractivity contribution >= 4 is 17.7 Å². The minimum atomic E-state index is -0.578. The number of methoxy groups -OCH3 is 1. The normalized spacial score (nSPS) is 43.6. The Morgan fingerprint density at radius 3 is 2.31 bits per heavy atom. The lowest BCUT2D eigenvalue weighted by Crippen LogP contribution is -2.66. The largest absolute Gasteiger partial charge is 0.469 e. The van der Waals surface area contributed by atoms with Crippen LogP contribution in [0, 0.1) is 56.2 Å². The summed E-state index contributed by atoms with van der Waals surface area (Å²) in [5, 5.41) is 3.21. The maximum absolute atomic E-state index is 14.1. The van der Waals surface area contributed by atoms with Crippen LogP contribution in [0.1, 0.15) is 126 Å². The number of fused-ring (bicyclic) bond motifs is 7. The van der Waals surface area contributed by atoms with Gasteiger partial charge in [0.25, 0.3) is 0 Å². The van der Waals surface area contributed by atoms with Gasteiger partial charge in [-0.2, -0.15) is 0 Å². The molecule has 0 aromatic heterocycles. The van der Waals surface area contributed by atoms with E-state index < -0.39 is 16.7 Å². The second kappa shape index (κ2) is 11.2. The molecule has 6 nitrogen and oxygen atoms in total. The number of Topliss-reactive ketones (excluding diaryl/α,β-unsaturated/α-hetero) is 1. The third-order valence-corrected chi connectivity index (χ3v) is 15.4. The van der Waals surface area contributed by atoms with Gasteiger partial charge in [0.1, 0.15) is 0 Å². The Morgan fingerprint density at radius 2 is 1.62 bits per heavy atom. The van der Waals surface area contributed by atoms with Crippen LogP contribution in [0.3, 0.4) is 0 Å². The number of ketones is 1. The first-order chi connectivity index (χ1) is 21.1. The van der Waals surface area contributed by atoms with Gasteiger partial charge in [-0.05, 0) is 136 Å². The quantitative estimate of drug-likeness (QED) is 0.145. The lowest BCUT2D eigenvalue weighted by atomic mass is 9.33. The van der Waals surface area contributed by atoms with Crippen LogP contribution in [-0.2, 0) is 19.1 Å². The van der Waals surface area contributed by atoms with Gasteiger partial charge in [0.05, 0.1) is 18.4 Å². The topological polar surface area (TPSA) is 75.7 Å². The van der Waals surface area contributed by atoms with Gasteiger partial charge in [0.15, 0.2) is 5.78 Å². The number of rotatable bonds is 6. The number of nitrogens with zero attached hydrogens (tertiary/aromatic N) is 1. The predicted molar refractivity (Wildman–Crippen MR) is 178 cm³/mol. The Kier molecular flexibility index (Phi) is 8.26. The van der Waals surface area contributed by atoms with E-state index in [2.05, 4.69) is 64.8 Å². The summed E-state index contributed by atoms with van der Waals surface area (Å²) >= 11 is 0. The minimum absolute atomic E-state index is 0.00396. The summed E-state index contributed by atoms with van der Waals surface area (Å²) in [5.74, 6) is 0.386. The van der Waals surface area contributed by atoms with Crippen molar-refractivity contribution in [2.75, 3.05) is 33.3 Å². The van der Waals surface area contributed by atoms with E-state index in [-0.39, 0.29) is 51.2 Å². The molecule has 6 aliphatic rings. The summed E-state index contributed by atoms with van der Waals surface area (Å²) in [6.07, 6.45) is 14.7. The Hall–Kier alpha value is -1.69. The molecule has 5 aliphatic carbocycles. The van der Waals surface area contributed by atoms with Crippen LogP contribution >= 0.6 is 0 Å². The van der Waals surface area contributed by atoms with Crippen LogP contribution in [0.5, 0.6) is 0 Å². The smallest absolute Gasteiger partial charge is 0.312 e. The summed E-state index contributed by atoms with van der Waals surface area (Å²) in [6.45, 7) is 20.5. The van der Waals surface area contributed by atoms with Crippen LogP contribution in [-0.4, -0.2) is 55.8 Å². The zero-order valence-electron chi connectivity index (χ0n) is 29.8. The number of hydrogen-bond acceptors (Lipinski definition) is 5. The summed E-state index contributed by atoms with van der Waals surface area (Å²) in [4.78, 5) is 43.9. The van der Waals surface area contributed by atoms with E-state index in [1.165, 1.54) is 31.5 Å². The molecular weight excluding hydrogens is 560 g/mol. The molecule has 0 spiro atoms. The highest BCUT2D eigenvalue weighted by molar-refractivity contribution is 6.04. The van der Waals surface area contributed by atoms with Crippen molar-refractivity contribution in [2.45, 2.75) is 126 Å². The molecule has 5 fully saturated rings. The number of allylic oxidation sites excluding steroid dienone is 2. The molecular formula is C39H62N2O4. The van der Waals surface area contributed by atoms with Gasteiger partial charge in [-0.25, -0.2) is 0 Å². The summed E-state index contributed by atoms with van der Waals surface area (Å²) in [6, 6.07) is 0. The summed E-state index contributed by atoms with van der Waals surface area (Å²) in [7, 11) is 1.57. The molecule has 4 saturated carbocycles. The standard InChI is InChI=1S/C39H62N2O4/c1-34(2)16-18-39(33(44)45-8)19-17-37(6)27(28(39)25-34)12-13-30-36(5)24-26(32(43)40-20-11-23-41-21-9-10-22-41)31(42)35(3,4)29(36)14-15-38(30,37)7/h12,26,28-30H,9-11,13-25H2,1-8H3,(H,40,43). The second-order valence-electron chi connectivity index (χ2n) is 18.4. The molecule has 1 amide bonds. The fraction of sp³-hybridized carbons (Fsp3) is 0.872. The molecule has 0 aromatic rings. The number of amides is 1. The first kappa shape index (κ1) is 33.2. The van der Waals surface area contributed by atoms with Crippen molar-refractivity contribution in [1.29, 1.82) is 0 Å². The fourth-order valence-electron chi connectivity index (χ4n) is 12.7. The van der Waals surface area contributed by atoms with Crippen molar-refractivity contribution < 1.29 is 19.1 Å². The Labute approximate surface area is 273 Å². The van der Waals surface area contributed by atoms with E-state index in [0.717, 1.165) is 64.3 Å². The molecule has 1 heterocycles. The number of carbonyl (C=O) groups excluding carboxylic acids is 3. The molecule has 8 atom stereocenters. The molecule has 1 saturated heterocycles. The molecule has 6 heteroatoms. The molecule has 0 aromatic carbocycles. The lowest BCUT2D eigenvalue weighted by molar-refractivity contribution is -0.196. The van der Waals surface area contributed by atoms with Crippen LogP contribution in [0.2, 0.25) is 0 Å². The second-order valence-corrected chi connectivity index (χ2v) is 18.4. The third-order valence-electron chi connectivity index (χ3n) is 15.4. The Bertz CT molecular complexity index is 1250. The monoisotopic (exact) mass is 622 g/mol. The summed E-state index contributed by atoms with van der Waals surface area (Å²) in [5.41, 5.74) is 0.693. The van der Waals surface area contributed by atoms with Crippen molar-refractivity contribution in [3.63, 3.8) is 0 Å². The van der Waals surface area contributed by atoms with Gasteiger partial charge in [0, 0.05) is 12.0 Å². The number of ether oxygens (including phenoxy) is 1. The molecule has 0 bridgehead atoms. The van der Waals surface area contributed by atoms with Crippen LogP contribution < -0.4 is 5.32 Å². The van der Waals surface area contributed by atoms with Gasteiger partial charge in [-0.1, -0.05) is 60.1 Å². The van der Waals surface area contributed by atoms with Gasteiger partial charge >= 0.3 is 5.97 Å². The van der Waals surface area contributed by atoms with E-state index in [9.17, 15) is 14.4 Å². The first-order valence-corrected chi connectivity index (χ1v) is 18.4. The Balaban J connectivity index is 1.29. The SMILES string of the molecule is COC(=O)C12CCC(C)(C)CC1C1=CCC3C4(C)CC(C(=O)NCCCN5CCCC5)C(=O)C(C)(C)C4CCC3(C)C1(C)CC2. The molecule has 6 rings (SSSR count). The van der Waals surface area contributed by atoms with Gasteiger partial charge in [0.2, 0.25) is 5.91 Å². The number of likely N-dealkylation sites (tertiary alicyclic amines) is 1. The number of carbonyl (C=O) groups is 3. The first-order valence-electron chi connectivity index (χ1n) is 18.4. The molecule has 1 N–H and O–H groups in total. The van der Waals surface area contributed by atoms with Gasteiger partial charge in [-0.15, -0.1) is 0 Å². The zero-order chi connectivity index (χ0) is 32.6. The number of esters is 1. The van der Waals surface area contributed by atoms with E-state index in [1.54, 1.807) is 7.11 Å². The number of nitrogens with one attached hydrogen (secondary N) is 1. The van der Waals surface area contributed by atoms with Crippen LogP contribution in [0.25, 0.3) is 0 Å². The van der Waals surface area contributed by atoms with Crippen LogP contribution in [0.4, 0.5) is 0 Å². The van der Waals surface area contributed by atoms with Crippen molar-refractivity contribution in [3.05, 3.63) is 11.6 Å². The minimum Gasteiger partial charge on any atom is -0.469 e. The van der Waals surface area contributed by atoms with Crippen molar-refractivity contribution in [3.8, 4) is 0 Å². The molecule has 8 unspecified atom stereocenters. The molecule has 0 radical (unpaired) electrons. The lowest BCUT2D eigenvalue weighted by Gasteiger charge is -2.71. The molecule has 45 heavy (non-hydrogen) atoms. The van der Waals surface area contributed by atoms with E-state index in [0.29, 0.717) is 18.9 Å². The Morgan fingerprint density at radius 1 is 0.933 bits per heavy atom. The molecule has 1 aliphatic heterocycles. The van der Waals surface area contributed by atoms with Crippen LogP contribution in [0.15, 0.2) is 11.6 Å². The van der Waals surface area contributed by atoms with Gasteiger partial charge < -0.3 is 15.0 Å². The van der Waals surface area contributed by atoms with Gasteiger partial charge in [-0.3, -0.25) is 14.4 Å². The maximum atomic E-state index is 14.1. The van der Waals surface area contributed by atoms with Crippen molar-refractivity contribution in [2.24, 2.45) is 56.2 Å². The maximum Gasteiger partial charge on any atom is 0.312 e.